The van der Waals surface area contributed by atoms with Crippen LogP contribution < -0.4 is 10.1 Å². The van der Waals surface area contributed by atoms with Crippen molar-refractivity contribution in [2.75, 3.05) is 7.05 Å². The van der Waals surface area contributed by atoms with Gasteiger partial charge in [-0.25, -0.2) is 0 Å². The van der Waals surface area contributed by atoms with Crippen LogP contribution in [0.3, 0.4) is 0 Å². The van der Waals surface area contributed by atoms with Crippen molar-refractivity contribution >= 4 is 5.96 Å². The first-order valence-electron chi connectivity index (χ1n) is 8.61. The van der Waals surface area contributed by atoms with Crippen LogP contribution in [0, 0.1) is 16.7 Å². The summed E-state index contributed by atoms with van der Waals surface area (Å²) in [4.78, 5) is 1.64. The maximum Gasteiger partial charge on any atom is 0.387 e. The Labute approximate surface area is 162 Å². The van der Waals surface area contributed by atoms with E-state index >= 15 is 0 Å². The zero-order valence-electron chi connectivity index (χ0n) is 15.5. The van der Waals surface area contributed by atoms with E-state index in [1.807, 2.05) is 13.0 Å². The lowest BCUT2D eigenvalue weighted by molar-refractivity contribution is -0.0498. The van der Waals surface area contributed by atoms with E-state index in [2.05, 4.69) is 22.7 Å². The van der Waals surface area contributed by atoms with Crippen LogP contribution >= 0.6 is 0 Å². The van der Waals surface area contributed by atoms with Gasteiger partial charge in [0.05, 0.1) is 23.1 Å². The molecule has 0 aliphatic carbocycles. The molecule has 28 heavy (non-hydrogen) atoms. The number of alkyl halides is 2. The van der Waals surface area contributed by atoms with Gasteiger partial charge in [0.25, 0.3) is 0 Å². The monoisotopic (exact) mass is 382 g/mol. The van der Waals surface area contributed by atoms with Crippen LogP contribution in [0.5, 0.6) is 5.75 Å². The Hall–Kier alpha value is -3.40. The topological polar surface area (TPSA) is 72.1 Å². The van der Waals surface area contributed by atoms with Crippen LogP contribution in [-0.4, -0.2) is 24.5 Å². The average Bonchev–Trinajstić information content (AvgIpc) is 2.67. The lowest BCUT2D eigenvalue weighted by Gasteiger charge is -2.48. The van der Waals surface area contributed by atoms with Crippen molar-refractivity contribution in [1.82, 2.24) is 10.2 Å². The number of hydrogen-bond acceptors (Lipinski definition) is 3. The number of nitrogens with zero attached hydrogens (tertiary/aromatic N) is 2. The van der Waals surface area contributed by atoms with Crippen molar-refractivity contribution < 1.29 is 13.5 Å². The first-order valence-corrected chi connectivity index (χ1v) is 8.61. The van der Waals surface area contributed by atoms with Crippen molar-refractivity contribution in [1.29, 1.82) is 10.7 Å². The van der Waals surface area contributed by atoms with E-state index in [4.69, 9.17) is 5.41 Å². The molecular weight excluding hydrogens is 362 g/mol. The molecule has 3 rings (SSSR count). The van der Waals surface area contributed by atoms with E-state index in [0.717, 1.165) is 11.1 Å². The minimum Gasteiger partial charge on any atom is -0.435 e. The third-order valence-electron chi connectivity index (χ3n) is 5.08. The molecule has 2 atom stereocenters. The number of likely N-dealkylation sites (N-methyl/N-ethyl adjacent to an activating group) is 1. The summed E-state index contributed by atoms with van der Waals surface area (Å²) >= 11 is 0. The highest BCUT2D eigenvalue weighted by Gasteiger charge is 2.45. The van der Waals surface area contributed by atoms with Crippen LogP contribution in [0.15, 0.2) is 60.8 Å². The van der Waals surface area contributed by atoms with Gasteiger partial charge in [-0.2, -0.15) is 14.0 Å². The molecule has 0 unspecified atom stereocenters. The Kier molecular flexibility index (Phi) is 5.06. The first kappa shape index (κ1) is 19.4. The Balaban J connectivity index is 2.09. The number of halogens is 2. The molecule has 5 nitrogen and oxygen atoms in total. The molecule has 1 aliphatic heterocycles. The van der Waals surface area contributed by atoms with E-state index in [1.54, 1.807) is 42.3 Å². The molecule has 1 heterocycles. The fraction of sp³-hybridized carbons (Fsp3) is 0.238. The fourth-order valence-corrected chi connectivity index (χ4v) is 3.59. The molecule has 7 heteroatoms. The van der Waals surface area contributed by atoms with Crippen molar-refractivity contribution in [3.63, 3.8) is 0 Å². The molecule has 1 aliphatic rings. The summed E-state index contributed by atoms with van der Waals surface area (Å²) in [6.07, 6.45) is 0. The van der Waals surface area contributed by atoms with E-state index in [1.165, 1.54) is 12.1 Å². The summed E-state index contributed by atoms with van der Waals surface area (Å²) in [6.45, 7) is 3.22. The molecule has 2 aromatic rings. The molecular formula is C21H20F2N4O. The second kappa shape index (κ2) is 7.31. The van der Waals surface area contributed by atoms with Gasteiger partial charge in [0, 0.05) is 12.7 Å². The van der Waals surface area contributed by atoms with Gasteiger partial charge in [0.2, 0.25) is 0 Å². The molecule has 2 N–H and O–H groups in total. The van der Waals surface area contributed by atoms with E-state index < -0.39 is 12.2 Å². The summed E-state index contributed by atoms with van der Waals surface area (Å²) in [5, 5.41) is 20.8. The maximum absolute atomic E-state index is 12.4. The van der Waals surface area contributed by atoms with Crippen LogP contribution in [0.1, 0.15) is 29.5 Å². The van der Waals surface area contributed by atoms with Crippen LogP contribution in [0.4, 0.5) is 8.78 Å². The van der Waals surface area contributed by atoms with Crippen molar-refractivity contribution in [3.8, 4) is 11.8 Å². The van der Waals surface area contributed by atoms with Gasteiger partial charge < -0.3 is 15.0 Å². The molecule has 1 saturated heterocycles. The van der Waals surface area contributed by atoms with E-state index in [0.29, 0.717) is 11.3 Å². The third-order valence-corrected chi connectivity index (χ3v) is 5.08. The second-order valence-electron chi connectivity index (χ2n) is 6.80. The zero-order valence-corrected chi connectivity index (χ0v) is 15.5. The summed E-state index contributed by atoms with van der Waals surface area (Å²) in [7, 11) is 1.74. The highest BCUT2D eigenvalue weighted by molar-refractivity contribution is 5.82. The predicted molar refractivity (Wildman–Crippen MR) is 102 cm³/mol. The molecule has 0 bridgehead atoms. The third kappa shape index (κ3) is 3.41. The van der Waals surface area contributed by atoms with Gasteiger partial charge in [0.15, 0.2) is 5.96 Å². The minimum atomic E-state index is -2.89. The summed E-state index contributed by atoms with van der Waals surface area (Å²) in [5.41, 5.74) is 2.07. The summed E-state index contributed by atoms with van der Waals surface area (Å²) in [6, 6.07) is 15.7. The molecule has 0 amide bonds. The average molecular weight is 382 g/mol. The highest BCUT2D eigenvalue weighted by atomic mass is 19.3. The summed E-state index contributed by atoms with van der Waals surface area (Å²) < 4.78 is 29.3. The van der Waals surface area contributed by atoms with Crippen LogP contribution in [0.2, 0.25) is 0 Å². The lowest BCUT2D eigenvalue weighted by atomic mass is 9.72. The van der Waals surface area contributed by atoms with Gasteiger partial charge in [-0.15, -0.1) is 0 Å². The van der Waals surface area contributed by atoms with Crippen LogP contribution in [-0.2, 0) is 5.54 Å². The Morgan fingerprint density at radius 1 is 1.29 bits per heavy atom. The fourth-order valence-electron chi connectivity index (χ4n) is 3.59. The minimum absolute atomic E-state index is 0.0717. The molecule has 0 radical (unpaired) electrons. The van der Waals surface area contributed by atoms with Gasteiger partial charge >= 0.3 is 6.61 Å². The van der Waals surface area contributed by atoms with Crippen molar-refractivity contribution in [2.24, 2.45) is 0 Å². The molecule has 144 valence electrons. The lowest BCUT2D eigenvalue weighted by Crippen LogP contribution is -2.58. The van der Waals surface area contributed by atoms with Gasteiger partial charge in [-0.05, 0) is 42.3 Å². The molecule has 0 saturated carbocycles. The maximum atomic E-state index is 12.4. The standard InChI is InChI=1S/C21H20F2N4O/c1-13-18(15-7-9-17(10-8-15)28-19(22)23)21(2,26-20(25)27(13)3)16-6-4-5-14(11-16)12-24/h4-11,18-19H,1H2,2-3H3,(H2,25,26)/t18-,21+/m0/s1. The largest absolute Gasteiger partial charge is 0.435 e. The number of benzene rings is 2. The van der Waals surface area contributed by atoms with E-state index in [9.17, 15) is 14.0 Å². The van der Waals surface area contributed by atoms with E-state index in [-0.39, 0.29) is 17.6 Å². The number of rotatable bonds is 4. The first-order chi connectivity index (χ1) is 13.3. The van der Waals surface area contributed by atoms with Gasteiger partial charge in [-0.3, -0.25) is 5.41 Å². The predicted octanol–water partition coefficient (Wildman–Crippen LogP) is 4.14. The highest BCUT2D eigenvalue weighted by Crippen LogP contribution is 2.45. The molecule has 2 aromatic carbocycles. The smallest absolute Gasteiger partial charge is 0.387 e. The van der Waals surface area contributed by atoms with Gasteiger partial charge in [-0.1, -0.05) is 30.8 Å². The molecule has 0 aromatic heterocycles. The zero-order chi connectivity index (χ0) is 20.5. The van der Waals surface area contributed by atoms with Crippen LogP contribution in [0.25, 0.3) is 0 Å². The number of guanidine groups is 1. The number of nitriles is 1. The summed E-state index contributed by atoms with van der Waals surface area (Å²) in [5.74, 6) is -0.0488. The van der Waals surface area contributed by atoms with Gasteiger partial charge in [0.1, 0.15) is 5.75 Å². The second-order valence-corrected chi connectivity index (χ2v) is 6.80. The SMILES string of the molecule is C=C1[C@@H](c2ccc(OC(F)F)cc2)[C@@](C)(c2cccc(C#N)c2)NC(=N)N1C. The Morgan fingerprint density at radius 3 is 2.57 bits per heavy atom. The molecule has 1 fully saturated rings. The Bertz CT molecular complexity index is 952. The van der Waals surface area contributed by atoms with Crippen molar-refractivity contribution in [3.05, 3.63) is 77.5 Å². The Morgan fingerprint density at radius 2 is 1.96 bits per heavy atom. The van der Waals surface area contributed by atoms with Crippen molar-refractivity contribution in [2.45, 2.75) is 25.0 Å². The number of nitrogens with one attached hydrogen (secondary N) is 2. The quantitative estimate of drug-likeness (QED) is 0.834. The number of hydrogen-bond donors (Lipinski definition) is 2. The normalized spacial score (nSPS) is 22.0. The molecule has 0 spiro atoms. The number of ether oxygens (including phenoxy) is 1.